The fraction of sp³-hybridized carbons (Fsp3) is 0.615. The van der Waals surface area contributed by atoms with E-state index < -0.39 is 25.0 Å². The summed E-state index contributed by atoms with van der Waals surface area (Å²) in [6.45, 7) is -0.374. The van der Waals surface area contributed by atoms with E-state index in [0.717, 1.165) is 25.9 Å². The molecule has 2 heterocycles. The van der Waals surface area contributed by atoms with Gasteiger partial charge in [-0.15, -0.1) is 0 Å². The molecule has 1 fully saturated rings. The van der Waals surface area contributed by atoms with E-state index in [4.69, 9.17) is 5.11 Å². The lowest BCUT2D eigenvalue weighted by Crippen LogP contribution is -2.40. The maximum absolute atomic E-state index is 12.9. The number of hydrogen-bond acceptors (Lipinski definition) is 3. The molecular weight excluding hydrogens is 268 g/mol. The molecule has 112 valence electrons. The highest BCUT2D eigenvalue weighted by Crippen LogP contribution is 2.21. The number of amides is 1. The first-order valence-corrected chi connectivity index (χ1v) is 6.68. The number of nitrogens with zero attached hydrogens (tertiary/aromatic N) is 1. The van der Waals surface area contributed by atoms with Crippen molar-refractivity contribution in [1.82, 2.24) is 15.2 Å². The van der Waals surface area contributed by atoms with Crippen molar-refractivity contribution in [3.05, 3.63) is 24.0 Å². The number of aliphatic hydroxyl groups is 1. The first kappa shape index (κ1) is 14.9. The normalized spacial score (nSPS) is 17.1. The first-order chi connectivity index (χ1) is 9.53. The fourth-order valence-electron chi connectivity index (χ4n) is 2.35. The van der Waals surface area contributed by atoms with Gasteiger partial charge in [0.1, 0.15) is 12.3 Å². The SMILES string of the molecule is O=C(NCC(F)(F)CO)c1cccn1C1CCNCC1. The Morgan fingerprint density at radius 1 is 1.50 bits per heavy atom. The monoisotopic (exact) mass is 287 g/mol. The van der Waals surface area contributed by atoms with E-state index in [1.165, 1.54) is 0 Å². The van der Waals surface area contributed by atoms with Gasteiger partial charge in [-0.25, -0.2) is 8.78 Å². The van der Waals surface area contributed by atoms with Crippen LogP contribution in [0.4, 0.5) is 8.78 Å². The number of aliphatic hydroxyl groups excluding tert-OH is 1. The lowest BCUT2D eigenvalue weighted by atomic mass is 10.1. The third kappa shape index (κ3) is 3.55. The average molecular weight is 287 g/mol. The molecule has 0 unspecified atom stereocenters. The average Bonchev–Trinajstić information content (AvgIpc) is 2.95. The second kappa shape index (κ2) is 6.32. The van der Waals surface area contributed by atoms with Crippen LogP contribution in [0.25, 0.3) is 0 Å². The van der Waals surface area contributed by atoms with Gasteiger partial charge in [0.05, 0.1) is 6.54 Å². The van der Waals surface area contributed by atoms with Crippen molar-refractivity contribution in [1.29, 1.82) is 0 Å². The third-order valence-corrected chi connectivity index (χ3v) is 3.45. The highest BCUT2D eigenvalue weighted by molar-refractivity contribution is 5.92. The number of alkyl halides is 2. The number of piperidine rings is 1. The summed E-state index contributed by atoms with van der Waals surface area (Å²) >= 11 is 0. The first-order valence-electron chi connectivity index (χ1n) is 6.68. The molecule has 1 saturated heterocycles. The van der Waals surface area contributed by atoms with Gasteiger partial charge in [-0.2, -0.15) is 0 Å². The molecule has 0 atom stereocenters. The van der Waals surface area contributed by atoms with E-state index >= 15 is 0 Å². The zero-order chi connectivity index (χ0) is 14.6. The van der Waals surface area contributed by atoms with Gasteiger partial charge in [0.15, 0.2) is 0 Å². The molecule has 1 aromatic rings. The molecule has 2 rings (SSSR count). The largest absolute Gasteiger partial charge is 0.390 e. The Balaban J connectivity index is 2.01. The summed E-state index contributed by atoms with van der Waals surface area (Å²) in [7, 11) is 0. The van der Waals surface area contributed by atoms with E-state index in [-0.39, 0.29) is 6.04 Å². The van der Waals surface area contributed by atoms with Crippen LogP contribution in [0.5, 0.6) is 0 Å². The summed E-state index contributed by atoms with van der Waals surface area (Å²) in [4.78, 5) is 12.0. The van der Waals surface area contributed by atoms with Crippen molar-refractivity contribution in [2.24, 2.45) is 0 Å². The van der Waals surface area contributed by atoms with Crippen molar-refractivity contribution in [3.8, 4) is 0 Å². The molecular formula is C13H19F2N3O2. The van der Waals surface area contributed by atoms with Gasteiger partial charge in [0, 0.05) is 12.2 Å². The number of halogens is 2. The highest BCUT2D eigenvalue weighted by atomic mass is 19.3. The minimum atomic E-state index is -3.29. The molecule has 0 saturated carbocycles. The molecule has 0 bridgehead atoms. The molecule has 3 N–H and O–H groups in total. The lowest BCUT2D eigenvalue weighted by Gasteiger charge is -2.26. The van der Waals surface area contributed by atoms with Crippen LogP contribution in [0.1, 0.15) is 29.4 Å². The van der Waals surface area contributed by atoms with Crippen molar-refractivity contribution >= 4 is 5.91 Å². The van der Waals surface area contributed by atoms with Crippen molar-refractivity contribution in [2.45, 2.75) is 24.8 Å². The van der Waals surface area contributed by atoms with Crippen LogP contribution >= 0.6 is 0 Å². The van der Waals surface area contributed by atoms with E-state index in [0.29, 0.717) is 5.69 Å². The fourth-order valence-corrected chi connectivity index (χ4v) is 2.35. The second-order valence-electron chi connectivity index (χ2n) is 4.98. The number of carbonyl (C=O) groups is 1. The zero-order valence-corrected chi connectivity index (χ0v) is 11.1. The molecule has 1 aromatic heterocycles. The standard InChI is InChI=1S/C13H19F2N3O2/c14-13(15,9-19)8-17-12(20)11-2-1-7-18(11)10-3-5-16-6-4-10/h1-2,7,10,16,19H,3-6,8-9H2,(H,17,20). The predicted octanol–water partition coefficient (Wildman–Crippen LogP) is 0.770. The summed E-state index contributed by atoms with van der Waals surface area (Å²) < 4.78 is 27.7. The van der Waals surface area contributed by atoms with Crippen LogP contribution in [0.2, 0.25) is 0 Å². The maximum atomic E-state index is 12.9. The summed E-state index contributed by atoms with van der Waals surface area (Å²) in [5.41, 5.74) is 0.380. The van der Waals surface area contributed by atoms with Crippen molar-refractivity contribution in [2.75, 3.05) is 26.2 Å². The molecule has 7 heteroatoms. The zero-order valence-electron chi connectivity index (χ0n) is 11.1. The minimum absolute atomic E-state index is 0.213. The van der Waals surface area contributed by atoms with Crippen LogP contribution in [-0.4, -0.2) is 47.7 Å². The molecule has 0 radical (unpaired) electrons. The minimum Gasteiger partial charge on any atom is -0.390 e. The van der Waals surface area contributed by atoms with Crippen LogP contribution in [-0.2, 0) is 0 Å². The van der Waals surface area contributed by atoms with Crippen molar-refractivity contribution in [3.63, 3.8) is 0 Å². The Morgan fingerprint density at radius 2 is 2.20 bits per heavy atom. The topological polar surface area (TPSA) is 66.3 Å². The quantitative estimate of drug-likeness (QED) is 0.749. The van der Waals surface area contributed by atoms with Gasteiger partial charge in [0.25, 0.3) is 11.8 Å². The van der Waals surface area contributed by atoms with E-state index in [1.54, 1.807) is 18.3 Å². The Hall–Kier alpha value is -1.47. The molecule has 0 aliphatic carbocycles. The van der Waals surface area contributed by atoms with Gasteiger partial charge in [0.2, 0.25) is 0 Å². The van der Waals surface area contributed by atoms with E-state index in [9.17, 15) is 13.6 Å². The molecule has 20 heavy (non-hydrogen) atoms. The van der Waals surface area contributed by atoms with Crippen LogP contribution in [0.15, 0.2) is 18.3 Å². The number of carbonyl (C=O) groups excluding carboxylic acids is 1. The predicted molar refractivity (Wildman–Crippen MR) is 69.9 cm³/mol. The Bertz CT molecular complexity index is 456. The Morgan fingerprint density at radius 3 is 2.85 bits per heavy atom. The third-order valence-electron chi connectivity index (χ3n) is 3.45. The molecule has 0 spiro atoms. The summed E-state index contributed by atoms with van der Waals surface area (Å²) in [6, 6.07) is 3.57. The summed E-state index contributed by atoms with van der Waals surface area (Å²) in [6.07, 6.45) is 3.61. The summed E-state index contributed by atoms with van der Waals surface area (Å²) in [5, 5.41) is 13.9. The van der Waals surface area contributed by atoms with Crippen LogP contribution in [0.3, 0.4) is 0 Å². The van der Waals surface area contributed by atoms with Gasteiger partial charge in [-0.3, -0.25) is 4.79 Å². The Kier molecular flexibility index (Phi) is 4.72. The number of rotatable bonds is 5. The maximum Gasteiger partial charge on any atom is 0.287 e. The number of nitrogens with one attached hydrogen (secondary N) is 2. The molecule has 1 aliphatic heterocycles. The summed E-state index contributed by atoms with van der Waals surface area (Å²) in [5.74, 6) is -3.83. The smallest absolute Gasteiger partial charge is 0.287 e. The van der Waals surface area contributed by atoms with Gasteiger partial charge < -0.3 is 20.3 Å². The van der Waals surface area contributed by atoms with Crippen LogP contribution in [0, 0.1) is 0 Å². The number of aromatic nitrogens is 1. The Labute approximate surface area is 116 Å². The van der Waals surface area contributed by atoms with Gasteiger partial charge in [-0.1, -0.05) is 0 Å². The van der Waals surface area contributed by atoms with Crippen LogP contribution < -0.4 is 10.6 Å². The molecule has 1 aliphatic rings. The van der Waals surface area contributed by atoms with Crippen molar-refractivity contribution < 1.29 is 18.7 Å². The number of hydrogen-bond donors (Lipinski definition) is 3. The molecule has 0 aromatic carbocycles. The van der Waals surface area contributed by atoms with E-state index in [1.807, 2.05) is 4.57 Å². The van der Waals surface area contributed by atoms with Gasteiger partial charge in [-0.05, 0) is 38.1 Å². The van der Waals surface area contributed by atoms with E-state index in [2.05, 4.69) is 10.6 Å². The van der Waals surface area contributed by atoms with Gasteiger partial charge >= 0.3 is 0 Å². The molecule has 1 amide bonds. The highest BCUT2D eigenvalue weighted by Gasteiger charge is 2.29. The lowest BCUT2D eigenvalue weighted by molar-refractivity contribution is -0.0462. The molecule has 5 nitrogen and oxygen atoms in total. The second-order valence-corrected chi connectivity index (χ2v) is 4.98.